The first-order valence-corrected chi connectivity index (χ1v) is 7.01. The lowest BCUT2D eigenvalue weighted by atomic mass is 9.92. The molecule has 0 spiro atoms. The van der Waals surface area contributed by atoms with E-state index in [1.165, 1.54) is 12.8 Å². The van der Waals surface area contributed by atoms with Crippen LogP contribution in [0.25, 0.3) is 0 Å². The zero-order valence-electron chi connectivity index (χ0n) is 11.1. The van der Waals surface area contributed by atoms with Crippen molar-refractivity contribution in [2.24, 2.45) is 11.8 Å². The fraction of sp³-hybridized carbons (Fsp3) is 1.00. The number of aliphatic hydroxyl groups is 1. The largest absolute Gasteiger partial charge is 0.387 e. The maximum atomic E-state index is 13.7. The highest BCUT2D eigenvalue weighted by atomic mass is 19.3. The maximum absolute atomic E-state index is 13.7. The molecule has 1 unspecified atom stereocenters. The third-order valence-corrected chi connectivity index (χ3v) is 4.13. The van der Waals surface area contributed by atoms with Crippen molar-refractivity contribution in [2.75, 3.05) is 0 Å². The van der Waals surface area contributed by atoms with Gasteiger partial charge in [0, 0.05) is 6.42 Å². The number of hydrogen-bond acceptors (Lipinski definition) is 1. The molecule has 17 heavy (non-hydrogen) atoms. The van der Waals surface area contributed by atoms with Gasteiger partial charge in [0.05, 0.1) is 0 Å². The number of rotatable bonds is 7. The van der Waals surface area contributed by atoms with E-state index in [0.717, 1.165) is 25.7 Å². The minimum Gasteiger partial charge on any atom is -0.387 e. The molecule has 0 aromatic heterocycles. The Balaban J connectivity index is 2.30. The molecule has 1 fully saturated rings. The van der Waals surface area contributed by atoms with Crippen LogP contribution in [-0.4, -0.2) is 17.1 Å². The minimum atomic E-state index is -2.91. The summed E-state index contributed by atoms with van der Waals surface area (Å²) >= 11 is 0. The highest BCUT2D eigenvalue weighted by Crippen LogP contribution is 2.34. The smallest absolute Gasteiger partial charge is 0.273 e. The second kappa shape index (κ2) is 6.67. The highest BCUT2D eigenvalue weighted by molar-refractivity contribution is 4.80. The third-order valence-electron chi connectivity index (χ3n) is 4.13. The van der Waals surface area contributed by atoms with Crippen LogP contribution in [0.1, 0.15) is 65.2 Å². The predicted molar refractivity (Wildman–Crippen MR) is 66.2 cm³/mol. The highest BCUT2D eigenvalue weighted by Gasteiger charge is 2.39. The first-order chi connectivity index (χ1) is 7.95. The summed E-state index contributed by atoms with van der Waals surface area (Å²) in [6.07, 6.45) is 4.89. The Kier molecular flexibility index (Phi) is 5.84. The van der Waals surface area contributed by atoms with Gasteiger partial charge in [0.1, 0.15) is 6.10 Å². The average molecular weight is 248 g/mol. The van der Waals surface area contributed by atoms with Crippen molar-refractivity contribution in [3.8, 4) is 0 Å². The van der Waals surface area contributed by atoms with Crippen LogP contribution in [-0.2, 0) is 0 Å². The van der Waals surface area contributed by atoms with Gasteiger partial charge in [0.15, 0.2) is 0 Å². The van der Waals surface area contributed by atoms with Crippen molar-refractivity contribution in [3.05, 3.63) is 0 Å². The summed E-state index contributed by atoms with van der Waals surface area (Å²) in [5.41, 5.74) is 0. The summed E-state index contributed by atoms with van der Waals surface area (Å²) in [7, 11) is 0. The molecule has 1 N–H and O–H groups in total. The van der Waals surface area contributed by atoms with Crippen LogP contribution in [0.2, 0.25) is 0 Å². The number of halogens is 2. The Hall–Kier alpha value is -0.180. The summed E-state index contributed by atoms with van der Waals surface area (Å²) in [4.78, 5) is 0. The molecule has 1 saturated carbocycles. The molecule has 1 nitrogen and oxygen atoms in total. The van der Waals surface area contributed by atoms with Gasteiger partial charge in [0.2, 0.25) is 0 Å². The van der Waals surface area contributed by atoms with E-state index < -0.39 is 12.0 Å². The molecule has 0 aliphatic heterocycles. The van der Waals surface area contributed by atoms with Crippen LogP contribution < -0.4 is 0 Å². The van der Waals surface area contributed by atoms with Gasteiger partial charge in [-0.1, -0.05) is 46.0 Å². The van der Waals surface area contributed by atoms with Gasteiger partial charge >= 0.3 is 0 Å². The van der Waals surface area contributed by atoms with Crippen LogP contribution in [0.4, 0.5) is 8.78 Å². The van der Waals surface area contributed by atoms with Crippen molar-refractivity contribution >= 4 is 0 Å². The Bertz CT molecular complexity index is 212. The third kappa shape index (κ3) is 4.90. The quantitative estimate of drug-likeness (QED) is 0.708. The number of alkyl halides is 2. The van der Waals surface area contributed by atoms with E-state index in [9.17, 15) is 13.9 Å². The van der Waals surface area contributed by atoms with Crippen molar-refractivity contribution in [2.45, 2.75) is 77.2 Å². The molecule has 0 saturated heterocycles. The Morgan fingerprint density at radius 2 is 1.88 bits per heavy atom. The SMILES string of the molecule is CC[C@H](C)CC(F)(F)C(O)CCC1CCCC1. The maximum Gasteiger partial charge on any atom is 0.273 e. The van der Waals surface area contributed by atoms with E-state index in [0.29, 0.717) is 5.92 Å². The minimum absolute atomic E-state index is 0.0221. The summed E-state index contributed by atoms with van der Waals surface area (Å²) in [5, 5.41) is 9.63. The molecule has 102 valence electrons. The summed E-state index contributed by atoms with van der Waals surface area (Å²) < 4.78 is 27.4. The monoisotopic (exact) mass is 248 g/mol. The van der Waals surface area contributed by atoms with E-state index in [1.807, 2.05) is 13.8 Å². The molecule has 0 heterocycles. The van der Waals surface area contributed by atoms with E-state index >= 15 is 0 Å². The van der Waals surface area contributed by atoms with Crippen LogP contribution >= 0.6 is 0 Å². The molecule has 0 bridgehead atoms. The van der Waals surface area contributed by atoms with E-state index in [-0.39, 0.29) is 18.8 Å². The van der Waals surface area contributed by atoms with Gasteiger partial charge in [-0.25, -0.2) is 8.78 Å². The summed E-state index contributed by atoms with van der Waals surface area (Å²) in [6.45, 7) is 3.73. The Morgan fingerprint density at radius 3 is 2.41 bits per heavy atom. The number of aliphatic hydroxyl groups excluding tert-OH is 1. The fourth-order valence-corrected chi connectivity index (χ4v) is 2.65. The predicted octanol–water partition coefficient (Wildman–Crippen LogP) is 4.39. The molecular formula is C14H26F2O. The first-order valence-electron chi connectivity index (χ1n) is 7.01. The van der Waals surface area contributed by atoms with Gasteiger partial charge in [-0.3, -0.25) is 0 Å². The Morgan fingerprint density at radius 1 is 1.29 bits per heavy atom. The number of hydrogen-bond donors (Lipinski definition) is 1. The molecular weight excluding hydrogens is 222 g/mol. The Labute approximate surface area is 104 Å². The van der Waals surface area contributed by atoms with Crippen LogP contribution in [0.5, 0.6) is 0 Å². The van der Waals surface area contributed by atoms with E-state index in [2.05, 4.69) is 0 Å². The molecule has 1 aliphatic rings. The molecule has 0 radical (unpaired) electrons. The molecule has 1 rings (SSSR count). The van der Waals surface area contributed by atoms with E-state index in [1.54, 1.807) is 0 Å². The second-order valence-corrected chi connectivity index (χ2v) is 5.72. The summed E-state index contributed by atoms with van der Waals surface area (Å²) in [6, 6.07) is 0. The fourth-order valence-electron chi connectivity index (χ4n) is 2.65. The van der Waals surface area contributed by atoms with Gasteiger partial charge in [-0.2, -0.15) is 0 Å². The van der Waals surface area contributed by atoms with Crippen LogP contribution in [0, 0.1) is 11.8 Å². The van der Waals surface area contributed by atoms with Gasteiger partial charge in [-0.05, 0) is 24.7 Å². The summed E-state index contributed by atoms with van der Waals surface area (Å²) in [5.74, 6) is -2.36. The first kappa shape index (κ1) is 14.9. The van der Waals surface area contributed by atoms with Crippen LogP contribution in [0.15, 0.2) is 0 Å². The molecule has 3 heteroatoms. The molecule has 1 aliphatic carbocycles. The van der Waals surface area contributed by atoms with E-state index in [4.69, 9.17) is 0 Å². The van der Waals surface area contributed by atoms with Gasteiger partial charge in [0.25, 0.3) is 5.92 Å². The lowest BCUT2D eigenvalue weighted by Crippen LogP contribution is -2.35. The molecule has 0 aromatic rings. The topological polar surface area (TPSA) is 20.2 Å². The molecule has 0 aromatic carbocycles. The molecule has 0 amide bonds. The zero-order chi connectivity index (χ0) is 12.9. The van der Waals surface area contributed by atoms with Gasteiger partial charge < -0.3 is 5.11 Å². The van der Waals surface area contributed by atoms with Crippen LogP contribution in [0.3, 0.4) is 0 Å². The standard InChI is InChI=1S/C14H26F2O/c1-3-11(2)10-14(15,16)13(17)9-8-12-6-4-5-7-12/h11-13,17H,3-10H2,1-2H3/t11-,13?/m0/s1. The zero-order valence-corrected chi connectivity index (χ0v) is 11.1. The lowest BCUT2D eigenvalue weighted by Gasteiger charge is -2.25. The second-order valence-electron chi connectivity index (χ2n) is 5.72. The van der Waals surface area contributed by atoms with Crippen molar-refractivity contribution in [1.29, 1.82) is 0 Å². The van der Waals surface area contributed by atoms with Crippen molar-refractivity contribution in [1.82, 2.24) is 0 Å². The average Bonchev–Trinajstić information content (AvgIpc) is 2.77. The normalized spacial score (nSPS) is 21.7. The molecule has 2 atom stereocenters. The van der Waals surface area contributed by atoms with Crippen molar-refractivity contribution in [3.63, 3.8) is 0 Å². The van der Waals surface area contributed by atoms with Gasteiger partial charge in [-0.15, -0.1) is 0 Å². The lowest BCUT2D eigenvalue weighted by molar-refractivity contribution is -0.125. The van der Waals surface area contributed by atoms with Crippen molar-refractivity contribution < 1.29 is 13.9 Å².